The van der Waals surface area contributed by atoms with Crippen LogP contribution in [0.15, 0.2) is 4.42 Å². The quantitative estimate of drug-likeness (QED) is 0.875. The summed E-state index contributed by atoms with van der Waals surface area (Å²) in [5, 5.41) is 0. The van der Waals surface area contributed by atoms with Gasteiger partial charge in [0.25, 0.3) is 5.91 Å². The van der Waals surface area contributed by atoms with E-state index < -0.39 is 0 Å². The topological polar surface area (TPSA) is 92.7 Å². The molecule has 1 aromatic rings. The minimum absolute atomic E-state index is 0.0964. The lowest BCUT2D eigenvalue weighted by Gasteiger charge is -2.27. The number of rotatable bonds is 5. The van der Waals surface area contributed by atoms with Crippen LogP contribution in [0.5, 0.6) is 0 Å². The normalized spacial score (nSPS) is 20.7. The van der Waals surface area contributed by atoms with Crippen LogP contribution in [0, 0.1) is 6.92 Å². The number of carbonyl (C=O) groups excluding carboxylic acids is 2. The Morgan fingerprint density at radius 1 is 1.29 bits per heavy atom. The van der Waals surface area contributed by atoms with E-state index in [1.807, 2.05) is 13.8 Å². The van der Waals surface area contributed by atoms with Crippen LogP contribution in [0.25, 0.3) is 0 Å². The van der Waals surface area contributed by atoms with Crippen molar-refractivity contribution in [3.8, 4) is 0 Å². The van der Waals surface area contributed by atoms with Crippen molar-refractivity contribution in [3.63, 3.8) is 0 Å². The first-order valence-electron chi connectivity index (χ1n) is 8.81. The van der Waals surface area contributed by atoms with Crippen LogP contribution in [0.4, 0.5) is 0 Å². The first-order chi connectivity index (χ1) is 11.5. The molecule has 2 fully saturated rings. The Morgan fingerprint density at radius 2 is 2.04 bits per heavy atom. The number of aromatic nitrogens is 1. The second kappa shape index (κ2) is 6.93. The number of hydrogen-bond acceptors (Lipinski definition) is 5. The first kappa shape index (κ1) is 17.0. The fraction of sp³-hybridized carbons (Fsp3) is 0.706. The van der Waals surface area contributed by atoms with Gasteiger partial charge in [0.05, 0.1) is 11.7 Å². The summed E-state index contributed by atoms with van der Waals surface area (Å²) in [6, 6.07) is -0.256. The van der Waals surface area contributed by atoms with Gasteiger partial charge in [-0.25, -0.2) is 4.98 Å². The van der Waals surface area contributed by atoms with Gasteiger partial charge in [-0.1, -0.05) is 6.92 Å². The van der Waals surface area contributed by atoms with E-state index in [2.05, 4.69) is 9.88 Å². The third-order valence-electron chi connectivity index (χ3n) is 4.91. The van der Waals surface area contributed by atoms with Gasteiger partial charge in [0, 0.05) is 32.1 Å². The number of nitrogens with zero attached hydrogens (tertiary/aromatic N) is 3. The summed E-state index contributed by atoms with van der Waals surface area (Å²) in [5.74, 6) is 1.07. The van der Waals surface area contributed by atoms with Gasteiger partial charge in [-0.15, -0.1) is 0 Å². The lowest BCUT2D eigenvalue weighted by Crippen LogP contribution is -2.46. The van der Waals surface area contributed by atoms with Crippen molar-refractivity contribution in [1.29, 1.82) is 0 Å². The standard InChI is InChI=1S/C17H26N4O3/c1-3-13(15(18)22)20-7-4-8-21(10-9-20)17(23)14-11(2)19-16(24-14)12-5-6-12/h12-13H,3-10H2,1-2H3,(H2,18,22). The zero-order chi connectivity index (χ0) is 17.3. The van der Waals surface area contributed by atoms with Gasteiger partial charge >= 0.3 is 0 Å². The van der Waals surface area contributed by atoms with Crippen LogP contribution in [0.3, 0.4) is 0 Å². The summed E-state index contributed by atoms with van der Waals surface area (Å²) in [4.78, 5) is 32.7. The minimum atomic E-state index is -0.294. The van der Waals surface area contributed by atoms with Crippen molar-refractivity contribution in [3.05, 3.63) is 17.3 Å². The Kier molecular flexibility index (Phi) is 4.89. The first-order valence-corrected chi connectivity index (χ1v) is 8.81. The molecule has 1 saturated carbocycles. The molecule has 2 N–H and O–H groups in total. The third-order valence-corrected chi connectivity index (χ3v) is 4.91. The van der Waals surface area contributed by atoms with Crippen LogP contribution in [-0.4, -0.2) is 58.8 Å². The number of carbonyl (C=O) groups is 2. The van der Waals surface area contributed by atoms with Gasteiger partial charge in [0.2, 0.25) is 11.7 Å². The molecule has 1 atom stereocenters. The van der Waals surface area contributed by atoms with E-state index >= 15 is 0 Å². The van der Waals surface area contributed by atoms with Crippen LogP contribution >= 0.6 is 0 Å². The van der Waals surface area contributed by atoms with Gasteiger partial charge in [0.1, 0.15) is 0 Å². The summed E-state index contributed by atoms with van der Waals surface area (Å²) in [6.45, 7) is 6.43. The maximum absolute atomic E-state index is 12.8. The van der Waals surface area contributed by atoms with E-state index in [1.165, 1.54) is 0 Å². The van der Waals surface area contributed by atoms with Crippen molar-refractivity contribution >= 4 is 11.8 Å². The van der Waals surface area contributed by atoms with Gasteiger partial charge in [-0.2, -0.15) is 0 Å². The molecule has 1 aliphatic carbocycles. The van der Waals surface area contributed by atoms with E-state index in [9.17, 15) is 9.59 Å². The van der Waals surface area contributed by atoms with Gasteiger partial charge in [-0.3, -0.25) is 14.5 Å². The maximum atomic E-state index is 12.8. The highest BCUT2D eigenvalue weighted by molar-refractivity contribution is 5.92. The molecule has 1 aliphatic heterocycles. The van der Waals surface area contributed by atoms with Gasteiger partial charge in [-0.05, 0) is 32.6 Å². The van der Waals surface area contributed by atoms with Crippen LogP contribution in [0.1, 0.15) is 60.7 Å². The number of oxazole rings is 1. The van der Waals surface area contributed by atoms with E-state index in [-0.39, 0.29) is 17.9 Å². The molecule has 0 spiro atoms. The molecule has 7 nitrogen and oxygen atoms in total. The second-order valence-corrected chi connectivity index (χ2v) is 6.75. The number of amides is 2. The Balaban J connectivity index is 1.67. The van der Waals surface area contributed by atoms with Gasteiger partial charge < -0.3 is 15.1 Å². The molecule has 1 aromatic heterocycles. The van der Waals surface area contributed by atoms with Gasteiger partial charge in [0.15, 0.2) is 5.89 Å². The molecule has 24 heavy (non-hydrogen) atoms. The number of primary amides is 1. The zero-order valence-corrected chi connectivity index (χ0v) is 14.5. The summed E-state index contributed by atoms with van der Waals surface area (Å²) < 4.78 is 5.74. The molecule has 132 valence electrons. The van der Waals surface area contributed by atoms with Crippen molar-refractivity contribution in [2.45, 2.75) is 51.5 Å². The van der Waals surface area contributed by atoms with E-state index in [4.69, 9.17) is 10.2 Å². The maximum Gasteiger partial charge on any atom is 0.291 e. The summed E-state index contributed by atoms with van der Waals surface area (Å²) >= 11 is 0. The molecule has 2 aliphatic rings. The second-order valence-electron chi connectivity index (χ2n) is 6.75. The lowest BCUT2D eigenvalue weighted by molar-refractivity contribution is -0.123. The smallest absolute Gasteiger partial charge is 0.291 e. The molecular weight excluding hydrogens is 308 g/mol. The predicted octanol–water partition coefficient (Wildman–Crippen LogP) is 1.27. The summed E-state index contributed by atoms with van der Waals surface area (Å²) in [6.07, 6.45) is 3.70. The molecule has 3 rings (SSSR count). The highest BCUT2D eigenvalue weighted by Crippen LogP contribution is 2.40. The Hall–Kier alpha value is -1.89. The van der Waals surface area contributed by atoms with Crippen molar-refractivity contribution in [2.75, 3.05) is 26.2 Å². The average Bonchev–Trinajstić information content (AvgIpc) is 3.34. The molecule has 0 bridgehead atoms. The van der Waals surface area contributed by atoms with E-state index in [1.54, 1.807) is 4.90 Å². The Labute approximate surface area is 142 Å². The van der Waals surface area contributed by atoms with Crippen LogP contribution < -0.4 is 5.73 Å². The summed E-state index contributed by atoms with van der Waals surface area (Å²) in [7, 11) is 0. The van der Waals surface area contributed by atoms with Crippen LogP contribution in [0.2, 0.25) is 0 Å². The van der Waals surface area contributed by atoms with Crippen LogP contribution in [-0.2, 0) is 4.79 Å². The molecule has 0 aromatic carbocycles. The molecule has 2 amide bonds. The number of nitrogens with two attached hydrogens (primary N) is 1. The molecular formula is C17H26N4O3. The fourth-order valence-corrected chi connectivity index (χ4v) is 3.36. The monoisotopic (exact) mass is 334 g/mol. The molecule has 7 heteroatoms. The van der Waals surface area contributed by atoms with E-state index in [0.717, 1.165) is 25.8 Å². The zero-order valence-electron chi connectivity index (χ0n) is 14.5. The molecule has 0 radical (unpaired) electrons. The SMILES string of the molecule is CCC(C(N)=O)N1CCCN(C(=O)c2oc(C3CC3)nc2C)CC1. The highest BCUT2D eigenvalue weighted by Gasteiger charge is 2.33. The molecule has 1 unspecified atom stereocenters. The molecule has 2 heterocycles. The lowest BCUT2D eigenvalue weighted by atomic mass is 10.1. The van der Waals surface area contributed by atoms with E-state index in [0.29, 0.717) is 49.3 Å². The molecule has 1 saturated heterocycles. The Bertz CT molecular complexity index is 623. The highest BCUT2D eigenvalue weighted by atomic mass is 16.4. The number of hydrogen-bond donors (Lipinski definition) is 1. The largest absolute Gasteiger partial charge is 0.435 e. The van der Waals surface area contributed by atoms with Crippen molar-refractivity contribution < 1.29 is 14.0 Å². The number of aryl methyl sites for hydroxylation is 1. The summed E-state index contributed by atoms with van der Waals surface area (Å²) in [5.41, 5.74) is 6.16. The fourth-order valence-electron chi connectivity index (χ4n) is 3.36. The Morgan fingerprint density at radius 3 is 2.67 bits per heavy atom. The minimum Gasteiger partial charge on any atom is -0.435 e. The average molecular weight is 334 g/mol. The van der Waals surface area contributed by atoms with Crippen molar-refractivity contribution in [2.24, 2.45) is 5.73 Å². The predicted molar refractivity (Wildman–Crippen MR) is 88.6 cm³/mol. The third kappa shape index (κ3) is 3.45. The van der Waals surface area contributed by atoms with Crippen molar-refractivity contribution in [1.82, 2.24) is 14.8 Å².